The van der Waals surface area contributed by atoms with Gasteiger partial charge in [0.15, 0.2) is 0 Å². The van der Waals surface area contributed by atoms with Gasteiger partial charge in [-0.2, -0.15) is 0 Å². The van der Waals surface area contributed by atoms with Crippen molar-refractivity contribution in [3.05, 3.63) is 29.3 Å². The van der Waals surface area contributed by atoms with E-state index in [0.29, 0.717) is 28.6 Å². The van der Waals surface area contributed by atoms with Crippen LogP contribution in [0.15, 0.2) is 18.2 Å². The molecule has 27 heavy (non-hydrogen) atoms. The van der Waals surface area contributed by atoms with Crippen molar-refractivity contribution in [2.75, 3.05) is 14.2 Å². The number of methoxy groups -OCH3 is 1. The Morgan fingerprint density at radius 1 is 1.15 bits per heavy atom. The van der Waals surface area contributed by atoms with Gasteiger partial charge in [0.25, 0.3) is 0 Å². The molecule has 0 unspecified atom stereocenters. The fourth-order valence-electron chi connectivity index (χ4n) is 6.50. The quantitative estimate of drug-likeness (QED) is 0.612. The van der Waals surface area contributed by atoms with Gasteiger partial charge in [-0.25, -0.2) is 0 Å². The molecule has 2 aliphatic rings. The Kier molecular flexibility index (Phi) is 5.26. The molecule has 0 saturated carbocycles. The van der Waals surface area contributed by atoms with E-state index in [4.69, 9.17) is 4.74 Å². The molecule has 2 atom stereocenters. The number of hydrogen-bond donors (Lipinski definition) is 0. The van der Waals surface area contributed by atoms with Gasteiger partial charge < -0.3 is 9.64 Å². The molecule has 0 aromatic heterocycles. The fourth-order valence-corrected chi connectivity index (χ4v) is 13.3. The van der Waals surface area contributed by atoms with Crippen LogP contribution < -0.4 is 4.74 Å². The zero-order valence-corrected chi connectivity index (χ0v) is 19.4. The number of nitrogens with zero attached hydrogens (tertiary/aromatic N) is 1. The van der Waals surface area contributed by atoms with Crippen LogP contribution in [0.5, 0.6) is 5.75 Å². The van der Waals surface area contributed by atoms with E-state index in [-0.39, 0.29) is 5.41 Å². The predicted octanol–water partition coefficient (Wildman–Crippen LogP) is 5.40. The number of carbonyl (C=O) groups is 1. The molecule has 1 aromatic rings. The summed E-state index contributed by atoms with van der Waals surface area (Å²) >= 11 is 0. The molecule has 1 saturated heterocycles. The standard InChI is InChI=1S/C23H37NO2Si/c1-15(2)27(16(3)4,17(5)6)14-23-13-19(24(7)22(23)25)11-18-9-10-20(26-8)12-21(18)23/h9-10,12,15-17,19H,11,13-14H2,1-8H3/t19-,23+/m1/s1. The van der Waals surface area contributed by atoms with Crippen LogP contribution in [0.2, 0.25) is 22.7 Å². The number of amides is 1. The van der Waals surface area contributed by atoms with Crippen LogP contribution in [0.4, 0.5) is 0 Å². The highest BCUT2D eigenvalue weighted by atomic mass is 28.3. The largest absolute Gasteiger partial charge is 0.497 e. The molecule has 0 N–H and O–H groups in total. The van der Waals surface area contributed by atoms with Gasteiger partial charge in [0.05, 0.1) is 20.6 Å². The second-order valence-corrected chi connectivity index (χ2v) is 15.9. The number of rotatable bonds is 6. The molecular weight excluding hydrogens is 350 g/mol. The van der Waals surface area contributed by atoms with Gasteiger partial charge >= 0.3 is 0 Å². The first-order chi connectivity index (χ1) is 12.6. The molecular formula is C23H37NO2Si. The van der Waals surface area contributed by atoms with Crippen molar-refractivity contribution in [3.63, 3.8) is 0 Å². The Bertz CT molecular complexity index is 705. The number of hydrogen-bond acceptors (Lipinski definition) is 2. The number of ether oxygens (including phenoxy) is 1. The van der Waals surface area contributed by atoms with E-state index < -0.39 is 8.07 Å². The van der Waals surface area contributed by atoms with Crippen molar-refractivity contribution in [2.24, 2.45) is 0 Å². The average Bonchev–Trinajstić information content (AvgIpc) is 2.81. The van der Waals surface area contributed by atoms with Crippen molar-refractivity contribution in [1.82, 2.24) is 4.90 Å². The number of carbonyl (C=O) groups excluding carboxylic acids is 1. The van der Waals surface area contributed by atoms with Crippen LogP contribution in [-0.2, 0) is 16.6 Å². The summed E-state index contributed by atoms with van der Waals surface area (Å²) in [7, 11) is 2.00. The van der Waals surface area contributed by atoms with E-state index in [0.717, 1.165) is 24.6 Å². The molecule has 4 heteroatoms. The Morgan fingerprint density at radius 3 is 2.26 bits per heavy atom. The smallest absolute Gasteiger partial charge is 0.233 e. The maximum Gasteiger partial charge on any atom is 0.233 e. The van der Waals surface area contributed by atoms with Crippen molar-refractivity contribution in [3.8, 4) is 5.75 Å². The second-order valence-electron chi connectivity index (χ2n) is 9.84. The lowest BCUT2D eigenvalue weighted by molar-refractivity contribution is -0.131. The summed E-state index contributed by atoms with van der Waals surface area (Å²) in [5, 5.41) is 0. The Labute approximate surface area is 166 Å². The summed E-state index contributed by atoms with van der Waals surface area (Å²) in [4.78, 5) is 15.8. The van der Waals surface area contributed by atoms with E-state index in [1.165, 1.54) is 11.1 Å². The lowest BCUT2D eigenvalue weighted by Crippen LogP contribution is -2.52. The highest BCUT2D eigenvalue weighted by molar-refractivity contribution is 6.84. The predicted molar refractivity (Wildman–Crippen MR) is 115 cm³/mol. The number of likely N-dealkylation sites (tertiary alicyclic amines) is 1. The highest BCUT2D eigenvalue weighted by Crippen LogP contribution is 2.56. The topological polar surface area (TPSA) is 29.5 Å². The van der Waals surface area contributed by atoms with E-state index in [9.17, 15) is 4.79 Å². The summed E-state index contributed by atoms with van der Waals surface area (Å²) in [5.41, 5.74) is 4.21. The van der Waals surface area contributed by atoms with Crippen LogP contribution in [0.1, 0.15) is 59.1 Å². The molecule has 1 amide bonds. The highest BCUT2D eigenvalue weighted by Gasteiger charge is 2.60. The van der Waals surface area contributed by atoms with E-state index in [1.807, 2.05) is 11.9 Å². The maximum absolute atomic E-state index is 13.7. The molecule has 150 valence electrons. The molecule has 1 fully saturated rings. The van der Waals surface area contributed by atoms with Crippen LogP contribution >= 0.6 is 0 Å². The Balaban J connectivity index is 2.21. The van der Waals surface area contributed by atoms with E-state index >= 15 is 0 Å². The van der Waals surface area contributed by atoms with Gasteiger partial charge in [0, 0.05) is 13.1 Å². The SMILES string of the molecule is COc1ccc2c(c1)[C@@]1(C[Si](C(C)C)(C(C)C)C(C)C)C[C@@H](C2)N(C)C1=O. The first-order valence-corrected chi connectivity index (χ1v) is 13.0. The Morgan fingerprint density at radius 2 is 1.74 bits per heavy atom. The van der Waals surface area contributed by atoms with Crippen molar-refractivity contribution in [1.29, 1.82) is 0 Å². The fraction of sp³-hybridized carbons (Fsp3) is 0.696. The maximum atomic E-state index is 13.7. The lowest BCUT2D eigenvalue weighted by atomic mass is 9.72. The zero-order valence-electron chi connectivity index (χ0n) is 18.4. The van der Waals surface area contributed by atoms with Crippen LogP contribution in [0, 0.1) is 0 Å². The molecule has 1 aliphatic heterocycles. The molecule has 0 spiro atoms. The van der Waals surface area contributed by atoms with Crippen molar-refractivity contribution in [2.45, 2.75) is 88.5 Å². The molecule has 0 radical (unpaired) electrons. The third-order valence-electron chi connectivity index (χ3n) is 7.98. The molecule has 3 nitrogen and oxygen atoms in total. The third kappa shape index (κ3) is 2.86. The Hall–Kier alpha value is -1.29. The number of likely N-dealkylation sites (N-methyl/N-ethyl adjacent to an activating group) is 1. The summed E-state index contributed by atoms with van der Waals surface area (Å²) in [6.07, 6.45) is 1.95. The summed E-state index contributed by atoms with van der Waals surface area (Å²) in [5.74, 6) is 1.22. The molecule has 1 heterocycles. The zero-order chi connectivity index (χ0) is 20.1. The molecule has 3 rings (SSSR count). The molecule has 2 bridgehead atoms. The third-order valence-corrected chi connectivity index (χ3v) is 15.6. The normalized spacial score (nSPS) is 24.9. The number of fused-ring (bicyclic) bond motifs is 4. The van der Waals surface area contributed by atoms with Crippen molar-refractivity contribution < 1.29 is 9.53 Å². The first-order valence-electron chi connectivity index (χ1n) is 10.5. The lowest BCUT2D eigenvalue weighted by Gasteiger charge is -2.49. The van der Waals surface area contributed by atoms with Gasteiger partial charge in [0.2, 0.25) is 5.91 Å². The van der Waals surface area contributed by atoms with Gasteiger partial charge in [-0.15, -0.1) is 0 Å². The summed E-state index contributed by atoms with van der Waals surface area (Å²) < 4.78 is 5.55. The van der Waals surface area contributed by atoms with Crippen LogP contribution in [0.3, 0.4) is 0 Å². The number of benzene rings is 1. The first kappa shape index (κ1) is 20.4. The van der Waals surface area contributed by atoms with Crippen LogP contribution in [0.25, 0.3) is 0 Å². The van der Waals surface area contributed by atoms with Crippen molar-refractivity contribution >= 4 is 14.0 Å². The minimum Gasteiger partial charge on any atom is -0.497 e. The minimum absolute atomic E-state index is 0.344. The van der Waals surface area contributed by atoms with E-state index in [2.05, 4.69) is 59.7 Å². The second kappa shape index (κ2) is 6.95. The summed E-state index contributed by atoms with van der Waals surface area (Å²) in [6, 6.07) is 7.83. The molecule has 1 aliphatic carbocycles. The van der Waals surface area contributed by atoms with Crippen LogP contribution in [-0.4, -0.2) is 39.1 Å². The van der Waals surface area contributed by atoms with Gasteiger partial charge in [-0.1, -0.05) is 64.2 Å². The van der Waals surface area contributed by atoms with Gasteiger partial charge in [-0.05, 0) is 42.1 Å². The van der Waals surface area contributed by atoms with Gasteiger partial charge in [-0.3, -0.25) is 4.79 Å². The molecule has 1 aromatic carbocycles. The average molecular weight is 388 g/mol. The minimum atomic E-state index is -1.74. The van der Waals surface area contributed by atoms with Gasteiger partial charge in [0.1, 0.15) is 5.75 Å². The van der Waals surface area contributed by atoms with E-state index in [1.54, 1.807) is 7.11 Å². The summed E-state index contributed by atoms with van der Waals surface area (Å²) in [6.45, 7) is 14.4. The monoisotopic (exact) mass is 387 g/mol.